The van der Waals surface area contributed by atoms with Crippen LogP contribution >= 0.6 is 0 Å². The van der Waals surface area contributed by atoms with E-state index in [0.29, 0.717) is 11.5 Å². The van der Waals surface area contributed by atoms with E-state index >= 15 is 0 Å². The van der Waals surface area contributed by atoms with Gasteiger partial charge < -0.3 is 19.9 Å². The molecule has 2 aliphatic heterocycles. The molecule has 1 aromatic rings. The Bertz CT molecular complexity index is 386. The molecule has 3 rings (SSSR count). The van der Waals surface area contributed by atoms with Gasteiger partial charge in [-0.05, 0) is 31.5 Å². The monoisotopic (exact) mass is 207 g/mol. The Morgan fingerprint density at radius 2 is 2.27 bits per heavy atom. The van der Waals surface area contributed by atoms with Crippen molar-refractivity contribution in [1.29, 1.82) is 0 Å². The van der Waals surface area contributed by atoms with Gasteiger partial charge in [-0.2, -0.15) is 0 Å². The average Bonchev–Trinajstić information content (AvgIpc) is 2.87. The van der Waals surface area contributed by atoms with Crippen LogP contribution in [0.2, 0.25) is 0 Å². The van der Waals surface area contributed by atoms with Crippen LogP contribution in [0, 0.1) is 0 Å². The Kier molecular flexibility index (Phi) is 1.95. The zero-order chi connectivity index (χ0) is 10.3. The molecule has 0 spiro atoms. The second-order valence-corrected chi connectivity index (χ2v) is 3.89. The van der Waals surface area contributed by atoms with E-state index in [2.05, 4.69) is 5.32 Å². The summed E-state index contributed by atoms with van der Waals surface area (Å²) in [5, 5.41) is 13.4. The largest absolute Gasteiger partial charge is 0.504 e. The summed E-state index contributed by atoms with van der Waals surface area (Å²) in [5.41, 5.74) is 0.914. The van der Waals surface area contributed by atoms with Gasteiger partial charge in [0.25, 0.3) is 0 Å². The van der Waals surface area contributed by atoms with E-state index in [0.717, 1.165) is 24.9 Å². The van der Waals surface area contributed by atoms with Gasteiger partial charge in [0.15, 0.2) is 11.5 Å². The number of hydrogen-bond acceptors (Lipinski definition) is 4. The Morgan fingerprint density at radius 1 is 1.33 bits per heavy atom. The molecule has 80 valence electrons. The Hall–Kier alpha value is -1.42. The first-order chi connectivity index (χ1) is 7.36. The topological polar surface area (TPSA) is 50.7 Å². The smallest absolute Gasteiger partial charge is 0.231 e. The molecule has 15 heavy (non-hydrogen) atoms. The molecular formula is C11H13NO3. The number of ether oxygens (including phenoxy) is 2. The Morgan fingerprint density at radius 3 is 3.07 bits per heavy atom. The van der Waals surface area contributed by atoms with Gasteiger partial charge in [-0.3, -0.25) is 0 Å². The molecular weight excluding hydrogens is 194 g/mol. The first-order valence-corrected chi connectivity index (χ1v) is 5.21. The maximum Gasteiger partial charge on any atom is 0.231 e. The molecule has 0 bridgehead atoms. The normalized spacial score (nSPS) is 23.3. The molecule has 2 aliphatic rings. The van der Waals surface area contributed by atoms with Crippen molar-refractivity contribution < 1.29 is 14.6 Å². The van der Waals surface area contributed by atoms with E-state index in [9.17, 15) is 5.11 Å². The third-order valence-corrected chi connectivity index (χ3v) is 2.98. The molecule has 1 fully saturated rings. The summed E-state index contributed by atoms with van der Waals surface area (Å²) in [5.74, 6) is 1.35. The SMILES string of the molecule is Oc1c(C2CCCN2)ccc2c1OCO2. The van der Waals surface area contributed by atoms with Crippen molar-refractivity contribution >= 4 is 0 Å². The van der Waals surface area contributed by atoms with E-state index in [1.807, 2.05) is 12.1 Å². The van der Waals surface area contributed by atoms with Crippen molar-refractivity contribution in [2.45, 2.75) is 18.9 Å². The third kappa shape index (κ3) is 1.33. The number of rotatable bonds is 1. The van der Waals surface area contributed by atoms with E-state index in [1.165, 1.54) is 0 Å². The maximum absolute atomic E-state index is 10.0. The lowest BCUT2D eigenvalue weighted by atomic mass is 10.0. The van der Waals surface area contributed by atoms with Gasteiger partial charge in [0.1, 0.15) is 0 Å². The van der Waals surface area contributed by atoms with Gasteiger partial charge in [-0.25, -0.2) is 0 Å². The van der Waals surface area contributed by atoms with Crippen LogP contribution in [-0.4, -0.2) is 18.4 Å². The van der Waals surface area contributed by atoms with Crippen molar-refractivity contribution in [3.8, 4) is 17.2 Å². The molecule has 0 aromatic heterocycles. The number of benzene rings is 1. The van der Waals surface area contributed by atoms with Crippen LogP contribution in [0.4, 0.5) is 0 Å². The molecule has 1 saturated heterocycles. The van der Waals surface area contributed by atoms with Gasteiger partial charge in [-0.1, -0.05) is 0 Å². The summed E-state index contributed by atoms with van der Waals surface area (Å²) in [6.45, 7) is 1.21. The van der Waals surface area contributed by atoms with Gasteiger partial charge in [-0.15, -0.1) is 0 Å². The van der Waals surface area contributed by atoms with Crippen LogP contribution in [0.25, 0.3) is 0 Å². The minimum atomic E-state index is 0.199. The minimum Gasteiger partial charge on any atom is -0.504 e. The number of fused-ring (bicyclic) bond motifs is 1. The lowest BCUT2D eigenvalue weighted by Crippen LogP contribution is -2.12. The fraction of sp³-hybridized carbons (Fsp3) is 0.455. The van der Waals surface area contributed by atoms with Gasteiger partial charge in [0, 0.05) is 11.6 Å². The summed E-state index contributed by atoms with van der Waals surface area (Å²) in [6.07, 6.45) is 2.21. The van der Waals surface area contributed by atoms with Crippen LogP contribution in [0.15, 0.2) is 12.1 Å². The Labute approximate surface area is 87.8 Å². The molecule has 1 unspecified atom stereocenters. The quantitative estimate of drug-likeness (QED) is 0.733. The van der Waals surface area contributed by atoms with Crippen LogP contribution in [-0.2, 0) is 0 Å². The lowest BCUT2D eigenvalue weighted by molar-refractivity contribution is 0.171. The minimum absolute atomic E-state index is 0.199. The molecule has 0 aliphatic carbocycles. The fourth-order valence-electron chi connectivity index (χ4n) is 2.20. The molecule has 2 heterocycles. The number of hydrogen-bond donors (Lipinski definition) is 2. The van der Waals surface area contributed by atoms with E-state index in [4.69, 9.17) is 9.47 Å². The van der Waals surface area contributed by atoms with E-state index < -0.39 is 0 Å². The summed E-state index contributed by atoms with van der Waals surface area (Å²) < 4.78 is 10.4. The average molecular weight is 207 g/mol. The van der Waals surface area contributed by atoms with Crippen molar-refractivity contribution in [2.75, 3.05) is 13.3 Å². The zero-order valence-electron chi connectivity index (χ0n) is 8.32. The fourth-order valence-corrected chi connectivity index (χ4v) is 2.20. The van der Waals surface area contributed by atoms with Crippen LogP contribution in [0.5, 0.6) is 17.2 Å². The number of phenols is 1. The highest BCUT2D eigenvalue weighted by Gasteiger charge is 2.25. The highest BCUT2D eigenvalue weighted by atomic mass is 16.7. The molecule has 1 aromatic carbocycles. The summed E-state index contributed by atoms with van der Waals surface area (Å²) in [4.78, 5) is 0. The first-order valence-electron chi connectivity index (χ1n) is 5.21. The molecule has 4 nitrogen and oxygen atoms in total. The summed E-state index contributed by atoms with van der Waals surface area (Å²) >= 11 is 0. The first kappa shape index (κ1) is 8.85. The molecule has 0 radical (unpaired) electrons. The number of aromatic hydroxyl groups is 1. The second-order valence-electron chi connectivity index (χ2n) is 3.89. The Balaban J connectivity index is 2.01. The van der Waals surface area contributed by atoms with Crippen LogP contribution in [0.3, 0.4) is 0 Å². The summed E-state index contributed by atoms with van der Waals surface area (Å²) in [7, 11) is 0. The lowest BCUT2D eigenvalue weighted by Gasteiger charge is -2.13. The maximum atomic E-state index is 10.0. The number of phenolic OH excluding ortho intramolecular Hbond substituents is 1. The van der Waals surface area contributed by atoms with Crippen molar-refractivity contribution in [3.63, 3.8) is 0 Å². The van der Waals surface area contributed by atoms with Crippen molar-refractivity contribution in [3.05, 3.63) is 17.7 Å². The second kappa shape index (κ2) is 3.31. The molecule has 1 atom stereocenters. The van der Waals surface area contributed by atoms with Gasteiger partial charge in [0.05, 0.1) is 0 Å². The zero-order valence-corrected chi connectivity index (χ0v) is 8.32. The standard InChI is InChI=1S/C11H13NO3/c13-10-7(8-2-1-5-12-8)3-4-9-11(10)15-6-14-9/h3-4,8,12-13H,1-2,5-6H2. The highest BCUT2D eigenvalue weighted by Crippen LogP contribution is 2.45. The van der Waals surface area contributed by atoms with Crippen LogP contribution in [0.1, 0.15) is 24.4 Å². The molecule has 2 N–H and O–H groups in total. The van der Waals surface area contributed by atoms with E-state index in [-0.39, 0.29) is 18.6 Å². The molecule has 0 amide bonds. The molecule has 0 saturated carbocycles. The number of nitrogens with one attached hydrogen (secondary N) is 1. The van der Waals surface area contributed by atoms with Gasteiger partial charge in [0.2, 0.25) is 12.5 Å². The third-order valence-electron chi connectivity index (χ3n) is 2.98. The predicted molar refractivity (Wildman–Crippen MR) is 54.2 cm³/mol. The molecule has 4 heteroatoms. The van der Waals surface area contributed by atoms with Gasteiger partial charge >= 0.3 is 0 Å². The highest BCUT2D eigenvalue weighted by molar-refractivity contribution is 5.57. The van der Waals surface area contributed by atoms with Crippen molar-refractivity contribution in [2.24, 2.45) is 0 Å². The predicted octanol–water partition coefficient (Wildman–Crippen LogP) is 1.55. The summed E-state index contributed by atoms with van der Waals surface area (Å²) in [6, 6.07) is 4.02. The van der Waals surface area contributed by atoms with E-state index in [1.54, 1.807) is 0 Å². The van der Waals surface area contributed by atoms with Crippen molar-refractivity contribution in [1.82, 2.24) is 5.32 Å². The van der Waals surface area contributed by atoms with Crippen LogP contribution < -0.4 is 14.8 Å².